The topological polar surface area (TPSA) is 67.9 Å². The Morgan fingerprint density at radius 2 is 1.81 bits per heavy atom. The van der Waals surface area contributed by atoms with Crippen LogP contribution >= 0.6 is 0 Å². The summed E-state index contributed by atoms with van der Waals surface area (Å²) >= 11 is 0. The molecule has 1 N–H and O–H groups in total. The predicted molar refractivity (Wildman–Crippen MR) is 120 cm³/mol. The fourth-order valence-corrected chi connectivity index (χ4v) is 3.55. The van der Waals surface area contributed by atoms with Crippen molar-refractivity contribution < 1.29 is 19.1 Å². The van der Waals surface area contributed by atoms with E-state index in [2.05, 4.69) is 5.32 Å². The van der Waals surface area contributed by atoms with Gasteiger partial charge in [0.05, 0.1) is 12.8 Å². The molecular formula is C25H24N2O4. The molecule has 1 unspecified atom stereocenters. The molecule has 0 bridgehead atoms. The van der Waals surface area contributed by atoms with Crippen LogP contribution in [0.5, 0.6) is 11.5 Å². The lowest BCUT2D eigenvalue weighted by Crippen LogP contribution is -2.45. The Morgan fingerprint density at radius 1 is 1.06 bits per heavy atom. The van der Waals surface area contributed by atoms with Crippen molar-refractivity contribution in [2.75, 3.05) is 23.9 Å². The number of hydrogen-bond acceptors (Lipinski definition) is 4. The number of amides is 2. The molecule has 3 aromatic rings. The molecule has 0 saturated heterocycles. The van der Waals surface area contributed by atoms with Gasteiger partial charge >= 0.3 is 0 Å². The first-order valence-electron chi connectivity index (χ1n) is 10.2. The Balaban J connectivity index is 1.55. The number of rotatable bonds is 6. The minimum absolute atomic E-state index is 0.0953. The Hall–Kier alpha value is -3.80. The van der Waals surface area contributed by atoms with Crippen molar-refractivity contribution in [1.82, 2.24) is 0 Å². The summed E-state index contributed by atoms with van der Waals surface area (Å²) in [5.41, 5.74) is 2.92. The minimum Gasteiger partial charge on any atom is -0.497 e. The molecule has 6 heteroatoms. The van der Waals surface area contributed by atoms with Crippen LogP contribution in [-0.4, -0.2) is 31.6 Å². The van der Waals surface area contributed by atoms with E-state index in [9.17, 15) is 9.59 Å². The van der Waals surface area contributed by atoms with Crippen molar-refractivity contribution in [2.45, 2.75) is 19.4 Å². The molecule has 1 aliphatic heterocycles. The summed E-state index contributed by atoms with van der Waals surface area (Å²) in [6.45, 7) is 2.28. The van der Waals surface area contributed by atoms with Gasteiger partial charge in [-0.15, -0.1) is 0 Å². The molecule has 0 spiro atoms. The summed E-state index contributed by atoms with van der Waals surface area (Å²) in [6.07, 6.45) is 0.171. The summed E-state index contributed by atoms with van der Waals surface area (Å²) in [7, 11) is 1.58. The van der Waals surface area contributed by atoms with Gasteiger partial charge < -0.3 is 19.7 Å². The first kappa shape index (κ1) is 20.5. The van der Waals surface area contributed by atoms with E-state index in [4.69, 9.17) is 9.47 Å². The molecule has 0 radical (unpaired) electrons. The molecule has 0 aliphatic carbocycles. The maximum atomic E-state index is 12.8. The fraction of sp³-hybridized carbons (Fsp3) is 0.200. The molecular weight excluding hydrogens is 392 g/mol. The van der Waals surface area contributed by atoms with Gasteiger partial charge in [0.2, 0.25) is 0 Å². The van der Waals surface area contributed by atoms with Crippen LogP contribution in [0.3, 0.4) is 0 Å². The normalized spacial score (nSPS) is 15.1. The van der Waals surface area contributed by atoms with Gasteiger partial charge in [0.25, 0.3) is 11.8 Å². The van der Waals surface area contributed by atoms with E-state index < -0.39 is 6.10 Å². The zero-order valence-corrected chi connectivity index (χ0v) is 17.5. The van der Waals surface area contributed by atoms with E-state index in [1.807, 2.05) is 30.3 Å². The third kappa shape index (κ3) is 4.53. The van der Waals surface area contributed by atoms with E-state index in [-0.39, 0.29) is 11.8 Å². The first-order chi connectivity index (χ1) is 15.0. The van der Waals surface area contributed by atoms with Gasteiger partial charge in [-0.1, -0.05) is 30.3 Å². The van der Waals surface area contributed by atoms with Crippen LogP contribution < -0.4 is 19.7 Å². The second kappa shape index (κ2) is 8.92. The summed E-state index contributed by atoms with van der Waals surface area (Å²) in [5, 5.41) is 2.89. The number of carbonyl (C=O) groups is 2. The molecule has 1 heterocycles. The smallest absolute Gasteiger partial charge is 0.267 e. The van der Waals surface area contributed by atoms with Crippen molar-refractivity contribution in [3.8, 4) is 11.5 Å². The highest BCUT2D eigenvalue weighted by Gasteiger charge is 2.31. The van der Waals surface area contributed by atoms with Gasteiger partial charge in [0.15, 0.2) is 6.10 Å². The number of nitrogens with one attached hydrogen (secondary N) is 1. The molecule has 4 rings (SSSR count). The lowest BCUT2D eigenvalue weighted by Gasteiger charge is -2.33. The maximum Gasteiger partial charge on any atom is 0.267 e. The quantitative estimate of drug-likeness (QED) is 0.650. The predicted octanol–water partition coefficient (Wildman–Crippen LogP) is 4.30. The van der Waals surface area contributed by atoms with E-state index in [1.165, 1.54) is 0 Å². The Labute approximate surface area is 181 Å². The number of benzene rings is 3. The maximum absolute atomic E-state index is 12.8. The van der Waals surface area contributed by atoms with Gasteiger partial charge in [-0.3, -0.25) is 9.59 Å². The second-order valence-electron chi connectivity index (χ2n) is 7.35. The van der Waals surface area contributed by atoms with Crippen molar-refractivity contribution in [1.29, 1.82) is 0 Å². The van der Waals surface area contributed by atoms with Crippen LogP contribution in [0.4, 0.5) is 11.4 Å². The molecule has 2 amide bonds. The zero-order valence-electron chi connectivity index (χ0n) is 17.5. The fourth-order valence-electron chi connectivity index (χ4n) is 3.55. The van der Waals surface area contributed by atoms with Crippen molar-refractivity contribution in [2.24, 2.45) is 0 Å². The first-order valence-corrected chi connectivity index (χ1v) is 10.2. The van der Waals surface area contributed by atoms with Gasteiger partial charge in [0.1, 0.15) is 11.5 Å². The molecule has 0 saturated carbocycles. The van der Waals surface area contributed by atoms with Crippen LogP contribution in [0.1, 0.15) is 22.8 Å². The van der Waals surface area contributed by atoms with Crippen molar-refractivity contribution in [3.05, 3.63) is 83.9 Å². The third-order valence-electron chi connectivity index (χ3n) is 5.24. The molecule has 31 heavy (non-hydrogen) atoms. The van der Waals surface area contributed by atoms with E-state index in [1.54, 1.807) is 61.4 Å². The van der Waals surface area contributed by atoms with Gasteiger partial charge in [-0.05, 0) is 61.4 Å². The van der Waals surface area contributed by atoms with Gasteiger partial charge in [-0.25, -0.2) is 0 Å². The van der Waals surface area contributed by atoms with E-state index in [0.717, 1.165) is 12.0 Å². The number of hydrogen-bond donors (Lipinski definition) is 1. The highest BCUT2D eigenvalue weighted by atomic mass is 16.5. The monoisotopic (exact) mass is 416 g/mol. The standard InChI is InChI=1S/C25H24N2O4/c1-17-25(29)27(15-14-18-6-4-3-5-7-18)22-16-20(10-13-23(22)31-17)26-24(28)19-8-11-21(30-2)12-9-19/h3-13,16-17H,14-15H2,1-2H3,(H,26,28). The van der Waals surface area contributed by atoms with Crippen molar-refractivity contribution in [3.63, 3.8) is 0 Å². The Morgan fingerprint density at radius 3 is 2.52 bits per heavy atom. The number of nitrogens with zero attached hydrogens (tertiary/aromatic N) is 1. The summed E-state index contributed by atoms with van der Waals surface area (Å²) in [4.78, 5) is 27.2. The van der Waals surface area contributed by atoms with Crippen LogP contribution in [0.25, 0.3) is 0 Å². The van der Waals surface area contributed by atoms with E-state index in [0.29, 0.717) is 35.0 Å². The average Bonchev–Trinajstić information content (AvgIpc) is 2.80. The number of ether oxygens (including phenoxy) is 2. The second-order valence-corrected chi connectivity index (χ2v) is 7.35. The molecule has 1 atom stereocenters. The van der Waals surface area contributed by atoms with Gasteiger partial charge in [0, 0.05) is 17.8 Å². The van der Waals surface area contributed by atoms with E-state index >= 15 is 0 Å². The third-order valence-corrected chi connectivity index (χ3v) is 5.24. The van der Waals surface area contributed by atoms with Gasteiger partial charge in [-0.2, -0.15) is 0 Å². The van der Waals surface area contributed by atoms with Crippen molar-refractivity contribution >= 4 is 23.2 Å². The van der Waals surface area contributed by atoms with Crippen LogP contribution in [-0.2, 0) is 11.2 Å². The molecule has 6 nitrogen and oxygen atoms in total. The lowest BCUT2D eigenvalue weighted by molar-refractivity contribution is -0.125. The molecule has 1 aliphatic rings. The SMILES string of the molecule is COc1ccc(C(=O)Nc2ccc3c(c2)N(CCc2ccccc2)C(=O)C(C)O3)cc1. The number of carbonyl (C=O) groups excluding carboxylic acids is 2. The van der Waals surface area contributed by atoms with Crippen LogP contribution in [0, 0.1) is 0 Å². The zero-order chi connectivity index (χ0) is 21.8. The molecule has 0 aromatic heterocycles. The lowest BCUT2D eigenvalue weighted by atomic mass is 10.1. The molecule has 3 aromatic carbocycles. The summed E-state index contributed by atoms with van der Waals surface area (Å²) in [5.74, 6) is 0.976. The number of anilines is 2. The molecule has 158 valence electrons. The highest BCUT2D eigenvalue weighted by molar-refractivity contribution is 6.05. The number of fused-ring (bicyclic) bond motifs is 1. The average molecular weight is 416 g/mol. The summed E-state index contributed by atoms with van der Waals surface area (Å²) < 4.78 is 10.9. The van der Waals surface area contributed by atoms with Crippen LogP contribution in [0.2, 0.25) is 0 Å². The minimum atomic E-state index is -0.553. The summed E-state index contributed by atoms with van der Waals surface area (Å²) in [6, 6.07) is 22.3. The Kier molecular flexibility index (Phi) is 5.89. The van der Waals surface area contributed by atoms with Crippen LogP contribution in [0.15, 0.2) is 72.8 Å². The molecule has 0 fully saturated rings. The Bertz CT molecular complexity index is 1080. The largest absolute Gasteiger partial charge is 0.497 e. The highest BCUT2D eigenvalue weighted by Crippen LogP contribution is 2.36. The number of methoxy groups -OCH3 is 1.